The molecule has 1 amide bonds. The molecule has 0 spiro atoms. The van der Waals surface area contributed by atoms with Crippen LogP contribution in [0.3, 0.4) is 0 Å². The molecule has 0 unspecified atom stereocenters. The summed E-state index contributed by atoms with van der Waals surface area (Å²) in [5.74, 6) is 0.258. The number of amides is 1. The fourth-order valence-corrected chi connectivity index (χ4v) is 1.93. The van der Waals surface area contributed by atoms with Crippen LogP contribution in [0.15, 0.2) is 48.5 Å². The molecule has 0 aliphatic carbocycles. The van der Waals surface area contributed by atoms with Gasteiger partial charge in [-0.2, -0.15) is 0 Å². The second-order valence-electron chi connectivity index (χ2n) is 4.40. The molecule has 0 aromatic heterocycles. The lowest BCUT2D eigenvalue weighted by atomic mass is 10.1. The van der Waals surface area contributed by atoms with E-state index in [-0.39, 0.29) is 18.1 Å². The van der Waals surface area contributed by atoms with Gasteiger partial charge in [-0.15, -0.1) is 0 Å². The molecule has 2 aromatic rings. The van der Waals surface area contributed by atoms with Crippen molar-refractivity contribution in [2.45, 2.75) is 13.0 Å². The quantitative estimate of drug-likeness (QED) is 0.909. The minimum Gasteiger partial charge on any atom is -0.496 e. The average molecular weight is 273 g/mol. The highest BCUT2D eigenvalue weighted by Crippen LogP contribution is 2.17. The molecule has 3 nitrogen and oxygen atoms in total. The Hall–Kier alpha value is -2.36. The number of methoxy groups -OCH3 is 1. The number of para-hydroxylation sites is 1. The van der Waals surface area contributed by atoms with E-state index in [4.69, 9.17) is 4.74 Å². The predicted octanol–water partition coefficient (Wildman–Crippen LogP) is 2.69. The summed E-state index contributed by atoms with van der Waals surface area (Å²) in [6.45, 7) is 0.311. The smallest absolute Gasteiger partial charge is 0.224 e. The Balaban J connectivity index is 1.93. The summed E-state index contributed by atoms with van der Waals surface area (Å²) in [5.41, 5.74) is 1.56. The van der Waals surface area contributed by atoms with Crippen LogP contribution in [0.25, 0.3) is 0 Å². The summed E-state index contributed by atoms with van der Waals surface area (Å²) in [6.07, 6.45) is 0.235. The molecule has 4 heteroatoms. The predicted molar refractivity (Wildman–Crippen MR) is 74.9 cm³/mol. The van der Waals surface area contributed by atoms with Crippen molar-refractivity contribution < 1.29 is 13.9 Å². The van der Waals surface area contributed by atoms with Crippen LogP contribution >= 0.6 is 0 Å². The molecule has 2 rings (SSSR count). The first-order valence-corrected chi connectivity index (χ1v) is 6.32. The Kier molecular flexibility index (Phi) is 4.71. The molecule has 0 aliphatic heterocycles. The third-order valence-corrected chi connectivity index (χ3v) is 2.92. The van der Waals surface area contributed by atoms with Gasteiger partial charge in [-0.05, 0) is 23.8 Å². The van der Waals surface area contributed by atoms with E-state index in [1.54, 1.807) is 19.2 Å². The van der Waals surface area contributed by atoms with Gasteiger partial charge in [-0.25, -0.2) is 4.39 Å². The van der Waals surface area contributed by atoms with Crippen molar-refractivity contribution in [2.75, 3.05) is 7.11 Å². The molecule has 0 fully saturated rings. The van der Waals surface area contributed by atoms with Crippen molar-refractivity contribution in [1.29, 1.82) is 0 Å². The molecule has 0 radical (unpaired) electrons. The van der Waals surface area contributed by atoms with Gasteiger partial charge in [0.15, 0.2) is 0 Å². The van der Waals surface area contributed by atoms with Gasteiger partial charge in [0.25, 0.3) is 0 Å². The number of halogens is 1. The molecule has 0 saturated heterocycles. The SMILES string of the molecule is COc1ccccc1CC(=O)NCc1cccc(F)c1. The fraction of sp³-hybridized carbons (Fsp3) is 0.188. The fourth-order valence-electron chi connectivity index (χ4n) is 1.93. The summed E-state index contributed by atoms with van der Waals surface area (Å²) in [6, 6.07) is 13.5. The van der Waals surface area contributed by atoms with Gasteiger partial charge < -0.3 is 10.1 Å². The van der Waals surface area contributed by atoms with Gasteiger partial charge in [0.2, 0.25) is 5.91 Å². The summed E-state index contributed by atoms with van der Waals surface area (Å²) in [5, 5.41) is 2.76. The van der Waals surface area contributed by atoms with Crippen LogP contribution in [0.4, 0.5) is 4.39 Å². The van der Waals surface area contributed by atoms with Gasteiger partial charge in [-0.1, -0.05) is 30.3 Å². The van der Waals surface area contributed by atoms with E-state index in [1.165, 1.54) is 12.1 Å². The van der Waals surface area contributed by atoms with E-state index in [0.29, 0.717) is 12.3 Å². The summed E-state index contributed by atoms with van der Waals surface area (Å²) >= 11 is 0. The highest BCUT2D eigenvalue weighted by molar-refractivity contribution is 5.79. The van der Waals surface area contributed by atoms with Crippen molar-refractivity contribution >= 4 is 5.91 Å². The Morgan fingerprint density at radius 3 is 2.75 bits per heavy atom. The first kappa shape index (κ1) is 14.1. The van der Waals surface area contributed by atoms with E-state index < -0.39 is 0 Å². The van der Waals surface area contributed by atoms with Crippen molar-refractivity contribution in [2.24, 2.45) is 0 Å². The number of carbonyl (C=O) groups excluding carboxylic acids is 1. The largest absolute Gasteiger partial charge is 0.496 e. The Labute approximate surface area is 117 Å². The van der Waals surface area contributed by atoms with E-state index in [2.05, 4.69) is 5.32 Å². The van der Waals surface area contributed by atoms with Crippen molar-refractivity contribution in [3.8, 4) is 5.75 Å². The molecule has 0 atom stereocenters. The molecule has 0 aliphatic rings. The number of hydrogen-bond acceptors (Lipinski definition) is 2. The maximum absolute atomic E-state index is 13.0. The molecule has 2 aromatic carbocycles. The zero-order valence-corrected chi connectivity index (χ0v) is 11.2. The molecule has 20 heavy (non-hydrogen) atoms. The van der Waals surface area contributed by atoms with Gasteiger partial charge in [0.1, 0.15) is 11.6 Å². The van der Waals surface area contributed by atoms with E-state index in [9.17, 15) is 9.18 Å². The third kappa shape index (κ3) is 3.82. The van der Waals surface area contributed by atoms with Gasteiger partial charge in [0, 0.05) is 12.1 Å². The molecule has 0 bridgehead atoms. The highest BCUT2D eigenvalue weighted by atomic mass is 19.1. The molecule has 104 valence electrons. The van der Waals surface area contributed by atoms with Crippen molar-refractivity contribution in [1.82, 2.24) is 5.32 Å². The number of benzene rings is 2. The lowest BCUT2D eigenvalue weighted by molar-refractivity contribution is -0.120. The van der Waals surface area contributed by atoms with Crippen LogP contribution in [-0.4, -0.2) is 13.0 Å². The number of carbonyl (C=O) groups is 1. The zero-order valence-electron chi connectivity index (χ0n) is 11.2. The van der Waals surface area contributed by atoms with Crippen LogP contribution in [0, 0.1) is 5.82 Å². The first-order valence-electron chi connectivity index (χ1n) is 6.32. The monoisotopic (exact) mass is 273 g/mol. The lowest BCUT2D eigenvalue weighted by Crippen LogP contribution is -2.24. The maximum Gasteiger partial charge on any atom is 0.224 e. The Bertz CT molecular complexity index is 599. The second-order valence-corrected chi connectivity index (χ2v) is 4.40. The van der Waals surface area contributed by atoms with Crippen LogP contribution in [-0.2, 0) is 17.8 Å². The van der Waals surface area contributed by atoms with Crippen LogP contribution in [0.5, 0.6) is 5.75 Å². The topological polar surface area (TPSA) is 38.3 Å². The van der Waals surface area contributed by atoms with Crippen molar-refractivity contribution in [3.05, 3.63) is 65.5 Å². The normalized spacial score (nSPS) is 10.1. The van der Waals surface area contributed by atoms with Crippen LogP contribution < -0.4 is 10.1 Å². The molecular weight excluding hydrogens is 257 g/mol. The molecule has 1 N–H and O–H groups in total. The number of ether oxygens (including phenoxy) is 1. The third-order valence-electron chi connectivity index (χ3n) is 2.92. The molecule has 0 saturated carbocycles. The van der Waals surface area contributed by atoms with E-state index >= 15 is 0 Å². The number of rotatable bonds is 5. The van der Waals surface area contributed by atoms with Crippen molar-refractivity contribution in [3.63, 3.8) is 0 Å². The van der Waals surface area contributed by atoms with Gasteiger partial charge in [-0.3, -0.25) is 4.79 Å². The Morgan fingerprint density at radius 2 is 2.00 bits per heavy atom. The van der Waals surface area contributed by atoms with Crippen LogP contribution in [0.1, 0.15) is 11.1 Å². The minimum atomic E-state index is -0.304. The van der Waals surface area contributed by atoms with E-state index in [0.717, 1.165) is 11.1 Å². The number of nitrogens with one attached hydrogen (secondary N) is 1. The summed E-state index contributed by atoms with van der Waals surface area (Å²) in [4.78, 5) is 11.9. The molecular formula is C16H16FNO2. The molecule has 0 heterocycles. The standard InChI is InChI=1S/C16H16FNO2/c1-20-15-8-3-2-6-13(15)10-16(19)18-11-12-5-4-7-14(17)9-12/h2-9H,10-11H2,1H3,(H,18,19). The second kappa shape index (κ2) is 6.70. The van der Waals surface area contributed by atoms with Crippen LogP contribution in [0.2, 0.25) is 0 Å². The Morgan fingerprint density at radius 1 is 1.20 bits per heavy atom. The maximum atomic E-state index is 13.0. The zero-order chi connectivity index (χ0) is 14.4. The van der Waals surface area contributed by atoms with E-state index in [1.807, 2.05) is 24.3 Å². The summed E-state index contributed by atoms with van der Waals surface area (Å²) in [7, 11) is 1.57. The average Bonchev–Trinajstić information content (AvgIpc) is 2.46. The summed E-state index contributed by atoms with van der Waals surface area (Å²) < 4.78 is 18.2. The van der Waals surface area contributed by atoms with Gasteiger partial charge >= 0.3 is 0 Å². The minimum absolute atomic E-state index is 0.126. The number of hydrogen-bond donors (Lipinski definition) is 1. The van der Waals surface area contributed by atoms with Gasteiger partial charge in [0.05, 0.1) is 13.5 Å². The lowest BCUT2D eigenvalue weighted by Gasteiger charge is -2.09. The highest BCUT2D eigenvalue weighted by Gasteiger charge is 2.07. The first-order chi connectivity index (χ1) is 9.69.